The summed E-state index contributed by atoms with van der Waals surface area (Å²) in [5, 5.41) is 0.920. The predicted octanol–water partition coefficient (Wildman–Crippen LogP) is 2.28. The Bertz CT molecular complexity index is 322. The Morgan fingerprint density at radius 2 is 2.18 bits per heavy atom. The van der Waals surface area contributed by atoms with Crippen molar-refractivity contribution < 1.29 is 4.74 Å². The van der Waals surface area contributed by atoms with E-state index in [-0.39, 0.29) is 0 Å². The van der Waals surface area contributed by atoms with Crippen LogP contribution in [0.2, 0.25) is 0 Å². The van der Waals surface area contributed by atoms with Gasteiger partial charge in [-0.25, -0.2) is 9.97 Å². The SMILES string of the molecule is CCCc1cc(N(CCBr)CCOC)ncn1. The highest BCUT2D eigenvalue weighted by molar-refractivity contribution is 9.09. The summed E-state index contributed by atoms with van der Waals surface area (Å²) in [4.78, 5) is 10.8. The van der Waals surface area contributed by atoms with Crippen LogP contribution in [0.3, 0.4) is 0 Å². The lowest BCUT2D eigenvalue weighted by Gasteiger charge is -2.22. The van der Waals surface area contributed by atoms with Gasteiger partial charge in [0.05, 0.1) is 6.61 Å². The first-order valence-electron chi connectivity index (χ1n) is 5.92. The van der Waals surface area contributed by atoms with E-state index in [4.69, 9.17) is 4.74 Å². The van der Waals surface area contributed by atoms with E-state index in [1.807, 2.05) is 0 Å². The minimum absolute atomic E-state index is 0.708. The standard InChI is InChI=1S/C12H20BrN3O/c1-3-4-11-9-12(15-10-14-11)16(6-5-13)7-8-17-2/h9-10H,3-8H2,1-2H3. The maximum Gasteiger partial charge on any atom is 0.132 e. The summed E-state index contributed by atoms with van der Waals surface area (Å²) < 4.78 is 5.12. The van der Waals surface area contributed by atoms with Gasteiger partial charge in [-0.05, 0) is 6.42 Å². The predicted molar refractivity (Wildman–Crippen MR) is 73.9 cm³/mol. The van der Waals surface area contributed by atoms with Crippen LogP contribution in [0, 0.1) is 0 Å². The molecule has 0 saturated heterocycles. The Labute approximate surface area is 112 Å². The third-order valence-electron chi connectivity index (χ3n) is 2.46. The minimum atomic E-state index is 0.708. The molecule has 0 N–H and O–H groups in total. The van der Waals surface area contributed by atoms with Gasteiger partial charge in [-0.3, -0.25) is 0 Å². The van der Waals surface area contributed by atoms with E-state index in [1.165, 1.54) is 0 Å². The topological polar surface area (TPSA) is 38.2 Å². The van der Waals surface area contributed by atoms with Crippen LogP contribution in [0.1, 0.15) is 19.0 Å². The number of alkyl halides is 1. The fourth-order valence-corrected chi connectivity index (χ4v) is 2.02. The molecule has 0 spiro atoms. The van der Waals surface area contributed by atoms with Crippen molar-refractivity contribution in [3.63, 3.8) is 0 Å². The molecule has 0 aliphatic carbocycles. The molecule has 0 saturated carbocycles. The zero-order chi connectivity index (χ0) is 12.5. The van der Waals surface area contributed by atoms with Crippen LogP contribution in [-0.4, -0.2) is 42.1 Å². The van der Waals surface area contributed by atoms with Crippen LogP contribution in [-0.2, 0) is 11.2 Å². The third-order valence-corrected chi connectivity index (χ3v) is 2.81. The van der Waals surface area contributed by atoms with Crippen LogP contribution in [0.25, 0.3) is 0 Å². The van der Waals surface area contributed by atoms with Crippen LogP contribution in [0.15, 0.2) is 12.4 Å². The van der Waals surface area contributed by atoms with Crippen LogP contribution < -0.4 is 4.90 Å². The van der Waals surface area contributed by atoms with E-state index in [2.05, 4.69) is 43.8 Å². The number of nitrogens with zero attached hydrogens (tertiary/aromatic N) is 3. The van der Waals surface area contributed by atoms with Crippen LogP contribution in [0.4, 0.5) is 5.82 Å². The summed E-state index contributed by atoms with van der Waals surface area (Å²) >= 11 is 3.46. The van der Waals surface area contributed by atoms with Crippen molar-refractivity contribution in [1.82, 2.24) is 9.97 Å². The molecular weight excluding hydrogens is 282 g/mol. The third kappa shape index (κ3) is 5.00. The summed E-state index contributed by atoms with van der Waals surface area (Å²) in [5.74, 6) is 0.986. The summed E-state index contributed by atoms with van der Waals surface area (Å²) in [5.41, 5.74) is 1.11. The normalized spacial score (nSPS) is 10.5. The van der Waals surface area contributed by atoms with E-state index >= 15 is 0 Å². The summed E-state index contributed by atoms with van der Waals surface area (Å²) in [6, 6.07) is 2.07. The van der Waals surface area contributed by atoms with E-state index in [9.17, 15) is 0 Å². The zero-order valence-corrected chi connectivity index (χ0v) is 12.1. The Balaban J connectivity index is 2.73. The highest BCUT2D eigenvalue weighted by atomic mass is 79.9. The molecule has 1 heterocycles. The molecule has 0 radical (unpaired) electrons. The molecule has 0 atom stereocenters. The maximum atomic E-state index is 5.12. The van der Waals surface area contributed by atoms with Crippen molar-refractivity contribution >= 4 is 21.7 Å². The number of hydrogen-bond donors (Lipinski definition) is 0. The van der Waals surface area contributed by atoms with E-state index < -0.39 is 0 Å². The first kappa shape index (κ1) is 14.4. The van der Waals surface area contributed by atoms with Crippen molar-refractivity contribution in [2.75, 3.05) is 37.0 Å². The molecule has 4 nitrogen and oxygen atoms in total. The maximum absolute atomic E-state index is 5.12. The van der Waals surface area contributed by atoms with Crippen molar-refractivity contribution in [2.45, 2.75) is 19.8 Å². The van der Waals surface area contributed by atoms with Crippen molar-refractivity contribution in [2.24, 2.45) is 0 Å². The van der Waals surface area contributed by atoms with Crippen molar-refractivity contribution in [3.05, 3.63) is 18.1 Å². The summed E-state index contributed by atoms with van der Waals surface area (Å²) in [7, 11) is 1.72. The van der Waals surface area contributed by atoms with Gasteiger partial charge in [-0.1, -0.05) is 29.3 Å². The van der Waals surface area contributed by atoms with Gasteiger partial charge in [-0.15, -0.1) is 0 Å². The minimum Gasteiger partial charge on any atom is -0.383 e. The molecule has 1 rings (SSSR count). The number of rotatable bonds is 8. The van der Waals surface area contributed by atoms with Crippen molar-refractivity contribution in [1.29, 1.82) is 0 Å². The highest BCUT2D eigenvalue weighted by Gasteiger charge is 2.08. The molecule has 0 amide bonds. The molecule has 1 aromatic rings. The summed E-state index contributed by atoms with van der Waals surface area (Å²) in [6.45, 7) is 4.64. The Morgan fingerprint density at radius 3 is 2.82 bits per heavy atom. The fraction of sp³-hybridized carbons (Fsp3) is 0.667. The molecule has 0 unspecified atom stereocenters. The first-order valence-corrected chi connectivity index (χ1v) is 7.04. The Hall–Kier alpha value is -0.680. The molecule has 96 valence electrons. The lowest BCUT2D eigenvalue weighted by atomic mass is 10.2. The second-order valence-electron chi connectivity index (χ2n) is 3.79. The van der Waals surface area contributed by atoms with Gasteiger partial charge in [0, 0.05) is 37.3 Å². The average molecular weight is 302 g/mol. The first-order chi connectivity index (χ1) is 8.31. The van der Waals surface area contributed by atoms with Crippen LogP contribution in [0.5, 0.6) is 0 Å². The lowest BCUT2D eigenvalue weighted by molar-refractivity contribution is 0.205. The molecule has 1 aromatic heterocycles. The Morgan fingerprint density at radius 1 is 1.35 bits per heavy atom. The van der Waals surface area contributed by atoms with E-state index in [0.29, 0.717) is 6.61 Å². The molecule has 0 aliphatic heterocycles. The molecule has 0 bridgehead atoms. The van der Waals surface area contributed by atoms with Gasteiger partial charge < -0.3 is 9.64 Å². The van der Waals surface area contributed by atoms with Crippen molar-refractivity contribution in [3.8, 4) is 0 Å². The number of anilines is 1. The zero-order valence-electron chi connectivity index (χ0n) is 10.5. The lowest BCUT2D eigenvalue weighted by Crippen LogP contribution is -2.30. The summed E-state index contributed by atoms with van der Waals surface area (Å²) in [6.07, 6.45) is 3.75. The van der Waals surface area contributed by atoms with Gasteiger partial charge in [0.2, 0.25) is 0 Å². The number of methoxy groups -OCH3 is 1. The Kier molecular flexibility index (Phi) is 7.12. The number of aromatic nitrogens is 2. The van der Waals surface area contributed by atoms with Gasteiger partial charge in [0.25, 0.3) is 0 Å². The number of halogens is 1. The van der Waals surface area contributed by atoms with Crippen LogP contribution >= 0.6 is 15.9 Å². The number of hydrogen-bond acceptors (Lipinski definition) is 4. The fourth-order valence-electron chi connectivity index (χ4n) is 1.60. The van der Waals surface area contributed by atoms with E-state index in [1.54, 1.807) is 13.4 Å². The second-order valence-corrected chi connectivity index (χ2v) is 4.58. The monoisotopic (exact) mass is 301 g/mol. The molecule has 17 heavy (non-hydrogen) atoms. The molecule has 0 aliphatic rings. The molecular formula is C12H20BrN3O. The highest BCUT2D eigenvalue weighted by Crippen LogP contribution is 2.12. The largest absolute Gasteiger partial charge is 0.383 e. The quantitative estimate of drug-likeness (QED) is 0.691. The van der Waals surface area contributed by atoms with Gasteiger partial charge in [-0.2, -0.15) is 0 Å². The molecule has 0 aromatic carbocycles. The van der Waals surface area contributed by atoms with Gasteiger partial charge in [0.1, 0.15) is 12.1 Å². The number of ether oxygens (including phenoxy) is 1. The van der Waals surface area contributed by atoms with Gasteiger partial charge >= 0.3 is 0 Å². The smallest absolute Gasteiger partial charge is 0.132 e. The molecule has 0 fully saturated rings. The molecule has 5 heteroatoms. The van der Waals surface area contributed by atoms with Gasteiger partial charge in [0.15, 0.2) is 0 Å². The number of aryl methyl sites for hydroxylation is 1. The van der Waals surface area contributed by atoms with E-state index in [0.717, 1.165) is 42.8 Å². The second kappa shape index (κ2) is 8.42. The average Bonchev–Trinajstić information content (AvgIpc) is 2.35.